The van der Waals surface area contributed by atoms with Crippen molar-refractivity contribution in [3.8, 4) is 5.69 Å². The Bertz CT molecular complexity index is 1150. The van der Waals surface area contributed by atoms with Crippen molar-refractivity contribution >= 4 is 40.8 Å². The number of benzene rings is 2. The number of amides is 1. The highest BCUT2D eigenvalue weighted by Crippen LogP contribution is 2.21. The fourth-order valence-corrected chi connectivity index (χ4v) is 3.32. The predicted octanol–water partition coefficient (Wildman–Crippen LogP) is 2.44. The van der Waals surface area contributed by atoms with E-state index in [2.05, 4.69) is 10.2 Å². The third-order valence-electron chi connectivity index (χ3n) is 4.44. The van der Waals surface area contributed by atoms with Crippen LogP contribution < -0.4 is 16.4 Å². The van der Waals surface area contributed by atoms with Crippen molar-refractivity contribution in [3.05, 3.63) is 74.6 Å². The molecule has 0 saturated heterocycles. The molecule has 1 amide bonds. The smallest absolute Gasteiger partial charge is 0.352 e. The van der Waals surface area contributed by atoms with E-state index in [0.717, 1.165) is 11.3 Å². The molecule has 0 radical (unpaired) electrons. The molecule has 0 bridgehead atoms. The first-order valence-electron chi connectivity index (χ1n) is 8.77. The van der Waals surface area contributed by atoms with Gasteiger partial charge in [-0.15, -0.1) is 5.10 Å². The fraction of sp³-hybridized carbons (Fsp3) is 0.158. The Labute approximate surface area is 175 Å². The average molecular weight is 431 g/mol. The van der Waals surface area contributed by atoms with E-state index in [0.29, 0.717) is 28.7 Å². The molecule has 10 heteroatoms. The van der Waals surface area contributed by atoms with Crippen LogP contribution in [0.2, 0.25) is 10.0 Å². The van der Waals surface area contributed by atoms with E-state index < -0.39 is 11.6 Å². The van der Waals surface area contributed by atoms with Crippen molar-refractivity contribution in [1.29, 1.82) is 0 Å². The number of primary amides is 1. The van der Waals surface area contributed by atoms with Crippen LogP contribution in [-0.4, -0.2) is 32.5 Å². The third-order valence-corrected chi connectivity index (χ3v) is 4.94. The van der Waals surface area contributed by atoms with E-state index in [1.54, 1.807) is 41.4 Å². The molecule has 1 aliphatic rings. The van der Waals surface area contributed by atoms with Gasteiger partial charge in [-0.25, -0.2) is 14.4 Å². The Morgan fingerprint density at radius 2 is 1.66 bits per heavy atom. The molecule has 0 aliphatic carbocycles. The van der Waals surface area contributed by atoms with Gasteiger partial charge < -0.3 is 5.73 Å². The van der Waals surface area contributed by atoms with E-state index >= 15 is 0 Å². The number of hydrogen-bond donors (Lipinski definition) is 1. The van der Waals surface area contributed by atoms with E-state index in [1.807, 2.05) is 12.1 Å². The van der Waals surface area contributed by atoms with E-state index in [1.165, 1.54) is 9.25 Å². The number of carbonyl (C=O) groups is 1. The zero-order chi connectivity index (χ0) is 20.5. The number of halogens is 2. The minimum absolute atomic E-state index is 0.243. The molecule has 1 aromatic heterocycles. The lowest BCUT2D eigenvalue weighted by atomic mass is 10.1. The average Bonchev–Trinajstić information content (AvgIpc) is 3.29. The van der Waals surface area contributed by atoms with Gasteiger partial charge in [0.2, 0.25) is 11.9 Å². The summed E-state index contributed by atoms with van der Waals surface area (Å²) in [5.41, 5.74) is 7.13. The summed E-state index contributed by atoms with van der Waals surface area (Å²) in [5, 5.41) is 11.8. The Morgan fingerprint density at radius 1 is 1.03 bits per heavy atom. The Kier molecular flexibility index (Phi) is 5.12. The van der Waals surface area contributed by atoms with Crippen molar-refractivity contribution in [2.75, 3.05) is 11.6 Å². The lowest BCUT2D eigenvalue weighted by Gasteiger charge is -2.12. The topological polar surface area (TPSA) is 98.5 Å². The maximum absolute atomic E-state index is 12.9. The summed E-state index contributed by atoms with van der Waals surface area (Å²) in [6.07, 6.45) is 0.653. The first-order valence-corrected chi connectivity index (χ1v) is 9.53. The number of carbonyl (C=O) groups excluding carboxylic acids is 1. The third kappa shape index (κ3) is 3.90. The molecule has 4 rings (SSSR count). The molecule has 0 fully saturated rings. The maximum atomic E-state index is 12.9. The van der Waals surface area contributed by atoms with Gasteiger partial charge in [-0.1, -0.05) is 35.3 Å². The Hall–Kier alpha value is -3.10. The van der Waals surface area contributed by atoms with Crippen LogP contribution in [0.5, 0.6) is 0 Å². The van der Waals surface area contributed by atoms with Gasteiger partial charge in [0.05, 0.1) is 17.9 Å². The summed E-state index contributed by atoms with van der Waals surface area (Å²) >= 11 is 11.9. The lowest BCUT2D eigenvalue weighted by molar-refractivity contribution is -0.118. The van der Waals surface area contributed by atoms with Crippen LogP contribution in [0.3, 0.4) is 0 Å². The highest BCUT2D eigenvalue weighted by molar-refractivity contribution is 6.31. The standard InChI is InChI=1S/C19H16Cl2N6O2/c20-13-3-1-12(2-4-13)16-9-10-26(23-16)18-24-27(15-7-5-14(21)6-8-15)19(29)25(18)11-17(22)28/h1-8H,9-11H2,(H2,22,28). The molecular weight excluding hydrogens is 415 g/mol. The SMILES string of the molecule is NC(=O)Cn1c(N2CCC(c3ccc(Cl)cc3)=N2)nn(-c2ccc(Cl)cc2)c1=O. The van der Waals surface area contributed by atoms with Gasteiger partial charge in [0.25, 0.3) is 0 Å². The molecule has 0 spiro atoms. The highest BCUT2D eigenvalue weighted by Gasteiger charge is 2.25. The highest BCUT2D eigenvalue weighted by atomic mass is 35.5. The largest absolute Gasteiger partial charge is 0.368 e. The summed E-state index contributed by atoms with van der Waals surface area (Å²) < 4.78 is 2.41. The lowest BCUT2D eigenvalue weighted by Crippen LogP contribution is -2.31. The number of nitrogens with two attached hydrogens (primary N) is 1. The van der Waals surface area contributed by atoms with E-state index in [4.69, 9.17) is 28.9 Å². The number of rotatable bonds is 5. The molecule has 1 aliphatic heterocycles. The number of hydrogen-bond acceptors (Lipinski definition) is 5. The predicted molar refractivity (Wildman–Crippen MR) is 112 cm³/mol. The van der Waals surface area contributed by atoms with Gasteiger partial charge in [0.15, 0.2) is 0 Å². The zero-order valence-electron chi connectivity index (χ0n) is 15.1. The molecule has 2 N–H and O–H groups in total. The second-order valence-electron chi connectivity index (χ2n) is 6.45. The van der Waals surface area contributed by atoms with Crippen LogP contribution in [-0.2, 0) is 11.3 Å². The summed E-state index contributed by atoms with van der Waals surface area (Å²) in [4.78, 5) is 24.4. The first-order chi connectivity index (χ1) is 13.9. The van der Waals surface area contributed by atoms with Crippen LogP contribution in [0.4, 0.5) is 5.95 Å². The van der Waals surface area contributed by atoms with Crippen molar-refractivity contribution in [1.82, 2.24) is 14.3 Å². The van der Waals surface area contributed by atoms with Gasteiger partial charge in [-0.2, -0.15) is 9.78 Å². The van der Waals surface area contributed by atoms with Gasteiger partial charge in [-0.05, 0) is 42.0 Å². The van der Waals surface area contributed by atoms with E-state index in [9.17, 15) is 9.59 Å². The molecule has 0 saturated carbocycles. The molecule has 2 aromatic carbocycles. The van der Waals surface area contributed by atoms with Gasteiger partial charge in [0.1, 0.15) is 6.54 Å². The summed E-state index contributed by atoms with van der Waals surface area (Å²) in [5.74, 6) is -0.405. The zero-order valence-corrected chi connectivity index (χ0v) is 16.6. The monoisotopic (exact) mass is 430 g/mol. The summed E-state index contributed by atoms with van der Waals surface area (Å²) in [6, 6.07) is 14.0. The normalized spacial score (nSPS) is 13.6. The number of nitrogens with zero attached hydrogens (tertiary/aromatic N) is 5. The quantitative estimate of drug-likeness (QED) is 0.671. The van der Waals surface area contributed by atoms with Crippen molar-refractivity contribution < 1.29 is 4.79 Å². The number of hydrazone groups is 1. The minimum Gasteiger partial charge on any atom is -0.368 e. The van der Waals surface area contributed by atoms with Gasteiger partial charge in [0, 0.05) is 16.5 Å². The Balaban J connectivity index is 1.75. The molecule has 0 atom stereocenters. The fourth-order valence-electron chi connectivity index (χ4n) is 3.07. The number of anilines is 1. The maximum Gasteiger partial charge on any atom is 0.352 e. The summed E-state index contributed by atoms with van der Waals surface area (Å²) in [7, 11) is 0. The second kappa shape index (κ2) is 7.73. The van der Waals surface area contributed by atoms with Crippen molar-refractivity contribution in [3.63, 3.8) is 0 Å². The van der Waals surface area contributed by atoms with Gasteiger partial charge >= 0.3 is 5.69 Å². The second-order valence-corrected chi connectivity index (χ2v) is 7.32. The first kappa shape index (κ1) is 19.2. The van der Waals surface area contributed by atoms with Crippen molar-refractivity contribution in [2.24, 2.45) is 10.8 Å². The molecule has 0 unspecified atom stereocenters. The van der Waals surface area contributed by atoms with Crippen LogP contribution in [0, 0.1) is 0 Å². The molecule has 148 valence electrons. The van der Waals surface area contributed by atoms with Crippen LogP contribution >= 0.6 is 23.2 Å². The number of aromatic nitrogens is 3. The summed E-state index contributed by atoms with van der Waals surface area (Å²) in [6.45, 7) is 0.206. The van der Waals surface area contributed by atoms with Crippen LogP contribution in [0.25, 0.3) is 5.69 Å². The van der Waals surface area contributed by atoms with Crippen LogP contribution in [0.1, 0.15) is 12.0 Å². The molecular formula is C19H16Cl2N6O2. The molecule has 29 heavy (non-hydrogen) atoms. The Morgan fingerprint density at radius 3 is 2.28 bits per heavy atom. The van der Waals surface area contributed by atoms with E-state index in [-0.39, 0.29) is 12.5 Å². The minimum atomic E-state index is -0.648. The molecule has 8 nitrogen and oxygen atoms in total. The van der Waals surface area contributed by atoms with Crippen molar-refractivity contribution in [2.45, 2.75) is 13.0 Å². The van der Waals surface area contributed by atoms with Crippen LogP contribution in [0.15, 0.2) is 58.4 Å². The molecule has 3 aromatic rings. The molecule has 2 heterocycles. The van der Waals surface area contributed by atoms with Gasteiger partial charge in [-0.3, -0.25) is 4.79 Å².